The summed E-state index contributed by atoms with van der Waals surface area (Å²) in [5, 5.41) is 6.35. The van der Waals surface area contributed by atoms with Gasteiger partial charge in [0.05, 0.1) is 23.3 Å². The monoisotopic (exact) mass is 447 g/mol. The Morgan fingerprint density at radius 2 is 1.91 bits per heavy atom. The van der Waals surface area contributed by atoms with Gasteiger partial charge < -0.3 is 25.0 Å². The van der Waals surface area contributed by atoms with E-state index in [4.69, 9.17) is 4.42 Å². The molecule has 5 aromatic rings. The van der Waals surface area contributed by atoms with E-state index in [1.807, 2.05) is 24.3 Å². The predicted molar refractivity (Wildman–Crippen MR) is 123 cm³/mol. The number of imidazole rings is 1. The first-order valence-electron chi connectivity index (χ1n) is 10.7. The molecule has 4 heterocycles. The third-order valence-corrected chi connectivity index (χ3v) is 5.20. The number of anilines is 1. The molecule has 0 fully saturated rings. The van der Waals surface area contributed by atoms with Crippen molar-refractivity contribution in [2.24, 2.45) is 0 Å². The largest absolute Gasteiger partial charge is 0.440 e. The zero-order chi connectivity index (χ0) is 22.6. The molecule has 0 atom stereocenters. The molecule has 0 unspecified atom stereocenters. The van der Waals surface area contributed by atoms with Crippen LogP contribution in [-0.4, -0.2) is 38.0 Å². The maximum Gasteiger partial charge on any atom is 0.253 e. The van der Waals surface area contributed by atoms with Gasteiger partial charge in [-0.3, -0.25) is 9.78 Å². The van der Waals surface area contributed by atoms with Crippen LogP contribution < -0.4 is 16.2 Å². The lowest BCUT2D eigenvalue weighted by atomic mass is 10.3. The van der Waals surface area contributed by atoms with Crippen molar-refractivity contribution in [2.75, 3.05) is 18.4 Å². The highest BCUT2D eigenvalue weighted by Crippen LogP contribution is 2.21. The Bertz CT molecular complexity index is 1420. The standard InChI is InChI=1S/C23H22FN7O2/c24-14-4-3-9-26-17(14)13-27-23-22-18(12-20(32)30-23)33-21(31-22)8-11-25-10-7-19-28-15-5-1-2-6-16(15)29-19/h1-6,9,12,25H,7-8,10-11,13H2,(H,28,29)(H2,27,30,32). The zero-order valence-electron chi connectivity index (χ0n) is 17.7. The van der Waals surface area contributed by atoms with Crippen LogP contribution in [0.3, 0.4) is 0 Å². The van der Waals surface area contributed by atoms with Crippen molar-refractivity contribution in [1.29, 1.82) is 0 Å². The first kappa shape index (κ1) is 20.8. The van der Waals surface area contributed by atoms with E-state index in [1.54, 1.807) is 0 Å². The Kier molecular flexibility index (Phi) is 5.81. The molecule has 33 heavy (non-hydrogen) atoms. The summed E-state index contributed by atoms with van der Waals surface area (Å²) in [6.45, 7) is 1.51. The van der Waals surface area contributed by atoms with Crippen LogP contribution >= 0.6 is 0 Å². The SMILES string of the molecule is O=c1cc2oc(CCNCCc3nc4ccccc4[nH]3)nc2c(NCc2ncccc2F)[nH]1. The number of pyridine rings is 2. The summed E-state index contributed by atoms with van der Waals surface area (Å²) in [6, 6.07) is 12.2. The van der Waals surface area contributed by atoms with Gasteiger partial charge in [-0.2, -0.15) is 0 Å². The van der Waals surface area contributed by atoms with Crippen LogP contribution in [0.25, 0.3) is 22.1 Å². The van der Waals surface area contributed by atoms with E-state index in [-0.39, 0.29) is 17.8 Å². The fourth-order valence-corrected chi connectivity index (χ4v) is 3.60. The molecule has 0 saturated heterocycles. The Morgan fingerprint density at radius 3 is 2.79 bits per heavy atom. The molecule has 0 radical (unpaired) electrons. The normalized spacial score (nSPS) is 11.4. The summed E-state index contributed by atoms with van der Waals surface area (Å²) in [7, 11) is 0. The van der Waals surface area contributed by atoms with Crippen LogP contribution in [0.5, 0.6) is 0 Å². The van der Waals surface area contributed by atoms with E-state index < -0.39 is 5.82 Å². The van der Waals surface area contributed by atoms with Crippen molar-refractivity contribution in [3.63, 3.8) is 0 Å². The Balaban J connectivity index is 1.19. The van der Waals surface area contributed by atoms with E-state index in [0.29, 0.717) is 35.8 Å². The number of aromatic amines is 2. The second-order valence-corrected chi connectivity index (χ2v) is 7.57. The lowest BCUT2D eigenvalue weighted by Crippen LogP contribution is -2.20. The van der Waals surface area contributed by atoms with E-state index in [9.17, 15) is 9.18 Å². The van der Waals surface area contributed by atoms with Gasteiger partial charge in [0, 0.05) is 38.2 Å². The summed E-state index contributed by atoms with van der Waals surface area (Å²) < 4.78 is 19.6. The van der Waals surface area contributed by atoms with Gasteiger partial charge in [0.2, 0.25) is 0 Å². The Morgan fingerprint density at radius 1 is 1.03 bits per heavy atom. The maximum absolute atomic E-state index is 13.8. The number of benzene rings is 1. The fourth-order valence-electron chi connectivity index (χ4n) is 3.60. The van der Waals surface area contributed by atoms with Crippen molar-refractivity contribution in [2.45, 2.75) is 19.4 Å². The third-order valence-electron chi connectivity index (χ3n) is 5.20. The number of H-pyrrole nitrogens is 2. The van der Waals surface area contributed by atoms with E-state index in [2.05, 4.69) is 35.6 Å². The summed E-state index contributed by atoms with van der Waals surface area (Å²) in [5.41, 5.74) is 2.77. The van der Waals surface area contributed by atoms with Crippen LogP contribution in [0, 0.1) is 5.82 Å². The summed E-state index contributed by atoms with van der Waals surface area (Å²) in [4.78, 5) is 31.1. The predicted octanol–water partition coefficient (Wildman–Crippen LogP) is 2.91. The van der Waals surface area contributed by atoms with Gasteiger partial charge >= 0.3 is 0 Å². The van der Waals surface area contributed by atoms with Crippen LogP contribution in [0.1, 0.15) is 17.4 Å². The van der Waals surface area contributed by atoms with Crippen LogP contribution in [0.15, 0.2) is 57.9 Å². The molecular formula is C23H22FN7O2. The highest BCUT2D eigenvalue weighted by atomic mass is 19.1. The molecule has 10 heteroatoms. The molecule has 4 aromatic heterocycles. The number of fused-ring (bicyclic) bond motifs is 2. The molecular weight excluding hydrogens is 425 g/mol. The molecule has 0 amide bonds. The molecule has 4 N–H and O–H groups in total. The number of para-hydroxylation sites is 2. The average molecular weight is 447 g/mol. The average Bonchev–Trinajstić information content (AvgIpc) is 3.41. The smallest absolute Gasteiger partial charge is 0.253 e. The third kappa shape index (κ3) is 4.75. The minimum absolute atomic E-state index is 0.104. The highest BCUT2D eigenvalue weighted by Gasteiger charge is 2.13. The lowest BCUT2D eigenvalue weighted by Gasteiger charge is -2.06. The number of halogens is 1. The van der Waals surface area contributed by atoms with Crippen molar-refractivity contribution in [1.82, 2.24) is 30.2 Å². The van der Waals surface area contributed by atoms with Gasteiger partial charge in [0.25, 0.3) is 5.56 Å². The highest BCUT2D eigenvalue weighted by molar-refractivity contribution is 5.83. The zero-order valence-corrected chi connectivity index (χ0v) is 17.7. The summed E-state index contributed by atoms with van der Waals surface area (Å²) >= 11 is 0. The first-order chi connectivity index (χ1) is 16.2. The number of aromatic nitrogens is 5. The number of nitrogens with zero attached hydrogens (tertiary/aromatic N) is 3. The van der Waals surface area contributed by atoms with Gasteiger partial charge in [-0.1, -0.05) is 12.1 Å². The van der Waals surface area contributed by atoms with Crippen molar-refractivity contribution < 1.29 is 8.81 Å². The minimum Gasteiger partial charge on any atom is -0.440 e. The minimum atomic E-state index is -0.422. The second-order valence-electron chi connectivity index (χ2n) is 7.57. The maximum atomic E-state index is 13.8. The van der Waals surface area contributed by atoms with Gasteiger partial charge in [-0.15, -0.1) is 0 Å². The quantitative estimate of drug-likeness (QED) is 0.256. The van der Waals surface area contributed by atoms with Crippen molar-refractivity contribution in [3.05, 3.63) is 82.2 Å². The first-order valence-corrected chi connectivity index (χ1v) is 10.7. The fraction of sp³-hybridized carbons (Fsp3) is 0.217. The molecule has 1 aromatic carbocycles. The summed E-state index contributed by atoms with van der Waals surface area (Å²) in [5.74, 6) is 1.39. The van der Waals surface area contributed by atoms with Crippen molar-refractivity contribution in [3.8, 4) is 0 Å². The van der Waals surface area contributed by atoms with Crippen molar-refractivity contribution >= 4 is 28.0 Å². The van der Waals surface area contributed by atoms with Gasteiger partial charge in [0.15, 0.2) is 11.5 Å². The van der Waals surface area contributed by atoms with Crippen LogP contribution in [0.2, 0.25) is 0 Å². The van der Waals surface area contributed by atoms with E-state index in [1.165, 1.54) is 24.4 Å². The van der Waals surface area contributed by atoms with E-state index >= 15 is 0 Å². The van der Waals surface area contributed by atoms with Crippen LogP contribution in [0.4, 0.5) is 10.2 Å². The number of oxazole rings is 1. The summed E-state index contributed by atoms with van der Waals surface area (Å²) in [6.07, 6.45) is 2.84. The number of hydrogen-bond donors (Lipinski definition) is 4. The molecule has 168 valence electrons. The molecule has 5 rings (SSSR count). The Hall–Kier alpha value is -4.05. The van der Waals surface area contributed by atoms with Gasteiger partial charge in [-0.05, 0) is 24.3 Å². The molecule has 0 aliphatic rings. The van der Waals surface area contributed by atoms with Crippen LogP contribution in [-0.2, 0) is 19.4 Å². The molecule has 9 nitrogen and oxygen atoms in total. The number of rotatable bonds is 9. The topological polar surface area (TPSA) is 125 Å². The molecule has 0 spiro atoms. The molecule has 0 saturated carbocycles. The van der Waals surface area contributed by atoms with E-state index in [0.717, 1.165) is 29.8 Å². The Labute approximate surface area is 187 Å². The lowest BCUT2D eigenvalue weighted by molar-refractivity contribution is 0.514. The second kappa shape index (κ2) is 9.21. The van der Waals surface area contributed by atoms with Gasteiger partial charge in [-0.25, -0.2) is 14.4 Å². The molecule has 0 aliphatic heterocycles. The molecule has 0 bridgehead atoms. The molecule has 0 aliphatic carbocycles. The number of nitrogens with one attached hydrogen (secondary N) is 4. The van der Waals surface area contributed by atoms with Gasteiger partial charge in [0.1, 0.15) is 23.0 Å². The number of hydrogen-bond acceptors (Lipinski definition) is 7.